The van der Waals surface area contributed by atoms with Crippen molar-refractivity contribution in [1.29, 1.82) is 0 Å². The first-order valence-electron chi connectivity index (χ1n) is 11.1. The van der Waals surface area contributed by atoms with Crippen LogP contribution in [0.3, 0.4) is 0 Å². The fourth-order valence-corrected chi connectivity index (χ4v) is 3.69. The summed E-state index contributed by atoms with van der Waals surface area (Å²) in [7, 11) is 2.93. The largest absolute Gasteiger partial charge is 0.493 e. The molecule has 1 amide bonds. The van der Waals surface area contributed by atoms with Crippen LogP contribution in [0.25, 0.3) is 0 Å². The Bertz CT molecular complexity index is 989. The molecule has 1 saturated heterocycles. The number of hydrogen-bond donors (Lipinski definition) is 1. The van der Waals surface area contributed by atoms with Crippen LogP contribution in [0.4, 0.5) is 0 Å². The number of piperazine rings is 1. The molecule has 0 aliphatic carbocycles. The second kappa shape index (κ2) is 12.2. The van der Waals surface area contributed by atoms with E-state index in [1.807, 2.05) is 0 Å². The van der Waals surface area contributed by atoms with Gasteiger partial charge >= 0.3 is 5.97 Å². The zero-order valence-electron chi connectivity index (χ0n) is 20.2. The first-order chi connectivity index (χ1) is 16.4. The summed E-state index contributed by atoms with van der Waals surface area (Å²) < 4.78 is 15.8. The van der Waals surface area contributed by atoms with Crippen molar-refractivity contribution in [2.75, 3.05) is 46.9 Å². The monoisotopic (exact) mass is 468 g/mol. The molecule has 2 aromatic rings. The van der Waals surface area contributed by atoms with E-state index in [2.05, 4.69) is 51.5 Å². The van der Waals surface area contributed by atoms with Crippen LogP contribution in [0.2, 0.25) is 0 Å². The van der Waals surface area contributed by atoms with Gasteiger partial charge in [0.25, 0.3) is 5.91 Å². The number of carbonyl (C=O) groups excluding carboxylic acids is 2. The van der Waals surface area contributed by atoms with Crippen molar-refractivity contribution < 1.29 is 23.8 Å². The third-order valence-electron chi connectivity index (χ3n) is 5.49. The van der Waals surface area contributed by atoms with Gasteiger partial charge in [-0.25, -0.2) is 5.43 Å². The lowest BCUT2D eigenvalue weighted by Crippen LogP contribution is -2.48. The quantitative estimate of drug-likeness (QED) is 0.261. The molecular formula is C25H32N4O5. The molecule has 0 aromatic heterocycles. The molecule has 1 aliphatic rings. The van der Waals surface area contributed by atoms with Gasteiger partial charge in [0, 0.05) is 45.2 Å². The molecule has 1 N–H and O–H groups in total. The standard InChI is InChI=1S/C25H32N4O5/c1-18-5-7-20(8-6-18)16-28-9-11-29(12-10-28)17-24(31)27-26-15-21-13-22(32-3)25(34-19(2)30)23(14-21)33-4/h5-8,13-15H,9-12,16-17H2,1-4H3,(H,27,31). The highest BCUT2D eigenvalue weighted by atomic mass is 16.6. The maximum atomic E-state index is 12.3. The maximum Gasteiger partial charge on any atom is 0.308 e. The smallest absolute Gasteiger partial charge is 0.308 e. The fourth-order valence-electron chi connectivity index (χ4n) is 3.69. The summed E-state index contributed by atoms with van der Waals surface area (Å²) in [5.74, 6) is 0.178. The van der Waals surface area contributed by atoms with E-state index in [0.29, 0.717) is 17.1 Å². The zero-order valence-corrected chi connectivity index (χ0v) is 20.2. The van der Waals surface area contributed by atoms with Crippen molar-refractivity contribution in [3.05, 3.63) is 53.1 Å². The molecule has 0 radical (unpaired) electrons. The van der Waals surface area contributed by atoms with Crippen LogP contribution in [0.5, 0.6) is 17.2 Å². The molecule has 9 heteroatoms. The Morgan fingerprint density at radius 2 is 1.59 bits per heavy atom. The van der Waals surface area contributed by atoms with Gasteiger partial charge in [-0.3, -0.25) is 19.4 Å². The van der Waals surface area contributed by atoms with E-state index in [0.717, 1.165) is 32.7 Å². The average molecular weight is 469 g/mol. The Morgan fingerprint density at radius 1 is 1.00 bits per heavy atom. The van der Waals surface area contributed by atoms with Gasteiger partial charge in [-0.05, 0) is 24.6 Å². The van der Waals surface area contributed by atoms with Gasteiger partial charge in [-0.2, -0.15) is 5.10 Å². The summed E-state index contributed by atoms with van der Waals surface area (Å²) >= 11 is 0. The molecule has 0 spiro atoms. The zero-order chi connectivity index (χ0) is 24.5. The number of nitrogens with one attached hydrogen (secondary N) is 1. The SMILES string of the molecule is COc1cc(C=NNC(=O)CN2CCN(Cc3ccc(C)cc3)CC2)cc(OC)c1OC(C)=O. The summed E-state index contributed by atoms with van der Waals surface area (Å²) in [4.78, 5) is 28.2. The minimum absolute atomic E-state index is 0.182. The van der Waals surface area contributed by atoms with E-state index < -0.39 is 5.97 Å². The number of ether oxygens (including phenoxy) is 3. The minimum atomic E-state index is -0.485. The summed E-state index contributed by atoms with van der Waals surface area (Å²) in [6, 6.07) is 11.9. The highest BCUT2D eigenvalue weighted by Crippen LogP contribution is 2.38. The van der Waals surface area contributed by atoms with Crippen molar-refractivity contribution >= 4 is 18.1 Å². The summed E-state index contributed by atoms with van der Waals surface area (Å²) in [5.41, 5.74) is 5.75. The van der Waals surface area contributed by atoms with Gasteiger partial charge in [-0.1, -0.05) is 29.8 Å². The third kappa shape index (κ3) is 7.29. The van der Waals surface area contributed by atoms with Gasteiger partial charge in [-0.15, -0.1) is 0 Å². The second-order valence-corrected chi connectivity index (χ2v) is 8.18. The first kappa shape index (κ1) is 25.2. The molecule has 1 heterocycles. The Labute approximate surface area is 200 Å². The highest BCUT2D eigenvalue weighted by Gasteiger charge is 2.19. The van der Waals surface area contributed by atoms with E-state index in [4.69, 9.17) is 14.2 Å². The molecule has 0 bridgehead atoms. The molecule has 182 valence electrons. The molecule has 0 saturated carbocycles. The lowest BCUT2D eigenvalue weighted by atomic mass is 10.1. The van der Waals surface area contributed by atoms with Crippen LogP contribution < -0.4 is 19.6 Å². The summed E-state index contributed by atoms with van der Waals surface area (Å²) in [6.45, 7) is 8.09. The molecule has 3 rings (SSSR count). The summed E-state index contributed by atoms with van der Waals surface area (Å²) in [5, 5.41) is 4.05. The molecular weight excluding hydrogens is 436 g/mol. The Hall–Kier alpha value is -3.43. The predicted molar refractivity (Wildman–Crippen MR) is 129 cm³/mol. The second-order valence-electron chi connectivity index (χ2n) is 8.18. The summed E-state index contributed by atoms with van der Waals surface area (Å²) in [6.07, 6.45) is 1.49. The van der Waals surface area contributed by atoms with E-state index in [1.165, 1.54) is 38.5 Å². The topological polar surface area (TPSA) is 92.7 Å². The number of rotatable bonds is 9. The van der Waals surface area contributed by atoms with Crippen LogP contribution in [0.1, 0.15) is 23.6 Å². The van der Waals surface area contributed by atoms with Gasteiger partial charge in [0.15, 0.2) is 11.5 Å². The van der Waals surface area contributed by atoms with Crippen molar-refractivity contribution in [2.24, 2.45) is 5.10 Å². The molecule has 0 atom stereocenters. The van der Waals surface area contributed by atoms with Crippen molar-refractivity contribution in [2.45, 2.75) is 20.4 Å². The van der Waals surface area contributed by atoms with Gasteiger partial charge in [0.1, 0.15) is 0 Å². The number of carbonyl (C=O) groups is 2. The number of amides is 1. The lowest BCUT2D eigenvalue weighted by Gasteiger charge is -2.34. The first-order valence-corrected chi connectivity index (χ1v) is 11.1. The number of nitrogens with zero attached hydrogens (tertiary/aromatic N) is 3. The minimum Gasteiger partial charge on any atom is -0.493 e. The van der Waals surface area contributed by atoms with E-state index >= 15 is 0 Å². The van der Waals surface area contributed by atoms with Gasteiger partial charge < -0.3 is 14.2 Å². The van der Waals surface area contributed by atoms with Crippen molar-refractivity contribution in [1.82, 2.24) is 15.2 Å². The normalized spacial score (nSPS) is 14.7. The number of methoxy groups -OCH3 is 2. The average Bonchev–Trinajstić information content (AvgIpc) is 2.82. The Balaban J connectivity index is 1.48. The van der Waals surface area contributed by atoms with Crippen molar-refractivity contribution in [3.8, 4) is 17.2 Å². The number of aryl methyl sites for hydroxylation is 1. The van der Waals surface area contributed by atoms with Crippen LogP contribution >= 0.6 is 0 Å². The van der Waals surface area contributed by atoms with Crippen LogP contribution in [0, 0.1) is 6.92 Å². The third-order valence-corrected chi connectivity index (χ3v) is 5.49. The van der Waals surface area contributed by atoms with Gasteiger partial charge in [0.05, 0.1) is 27.0 Å². The molecule has 9 nitrogen and oxygen atoms in total. The Morgan fingerprint density at radius 3 is 2.15 bits per heavy atom. The fraction of sp³-hybridized carbons (Fsp3) is 0.400. The molecule has 1 aliphatic heterocycles. The Kier molecular flexibility index (Phi) is 9.00. The molecule has 1 fully saturated rings. The maximum absolute atomic E-state index is 12.3. The predicted octanol–water partition coefficient (Wildman–Crippen LogP) is 2.21. The lowest BCUT2D eigenvalue weighted by molar-refractivity contribution is -0.132. The van der Waals surface area contributed by atoms with E-state index in [-0.39, 0.29) is 18.2 Å². The molecule has 0 unspecified atom stereocenters. The number of hydrogen-bond acceptors (Lipinski definition) is 8. The van der Waals surface area contributed by atoms with E-state index in [1.54, 1.807) is 12.1 Å². The number of benzene rings is 2. The number of esters is 1. The number of hydrazone groups is 1. The highest BCUT2D eigenvalue weighted by molar-refractivity contribution is 5.85. The van der Waals surface area contributed by atoms with Crippen molar-refractivity contribution in [3.63, 3.8) is 0 Å². The van der Waals surface area contributed by atoms with Crippen LogP contribution in [0.15, 0.2) is 41.5 Å². The molecule has 2 aromatic carbocycles. The van der Waals surface area contributed by atoms with Gasteiger partial charge in [0.2, 0.25) is 5.75 Å². The molecule has 34 heavy (non-hydrogen) atoms. The van der Waals surface area contributed by atoms with E-state index in [9.17, 15) is 9.59 Å². The van der Waals surface area contributed by atoms with Crippen LogP contribution in [-0.2, 0) is 16.1 Å². The van der Waals surface area contributed by atoms with Crippen LogP contribution in [-0.4, -0.2) is 74.8 Å².